The van der Waals surface area contributed by atoms with Crippen LogP contribution in [0.2, 0.25) is 0 Å². The van der Waals surface area contributed by atoms with Crippen LogP contribution in [0.15, 0.2) is 0 Å². The first kappa shape index (κ1) is 43.8. The largest absolute Gasteiger partial charge is 0.394 e. The van der Waals surface area contributed by atoms with E-state index in [2.05, 4.69) is 42.5 Å². The highest BCUT2D eigenvalue weighted by atomic mass is 19.3. The third kappa shape index (κ3) is 39.5. The lowest BCUT2D eigenvalue weighted by Gasteiger charge is -2.20. The maximum atomic E-state index is 12.2. The fourth-order valence-electron chi connectivity index (χ4n) is 1.98. The van der Waals surface area contributed by atoms with Crippen LogP contribution in [0.1, 0.15) is 13.3 Å². The molecule has 0 heterocycles. The Balaban J connectivity index is -0.000000530. The van der Waals surface area contributed by atoms with Crippen LogP contribution < -0.4 is 0 Å². The summed E-state index contributed by atoms with van der Waals surface area (Å²) < 4.78 is 99.9. The molecule has 0 amide bonds. The molecule has 19 heteroatoms. The number of aliphatic hydroxyl groups excluding tert-OH is 4. The normalized spacial score (nSPS) is 15.2. The first-order valence-electron chi connectivity index (χ1n) is 11.8. The lowest BCUT2D eigenvalue weighted by Crippen LogP contribution is -2.33. The van der Waals surface area contributed by atoms with Gasteiger partial charge in [0.25, 0.3) is 0 Å². The third-order valence-electron chi connectivity index (χ3n) is 3.73. The summed E-state index contributed by atoms with van der Waals surface area (Å²) in [4.78, 5) is 0. The summed E-state index contributed by atoms with van der Waals surface area (Å²) >= 11 is 0. The summed E-state index contributed by atoms with van der Waals surface area (Å²) in [6.07, 6.45) is -2.72. The van der Waals surface area contributed by atoms with Gasteiger partial charge in [0.1, 0.15) is 38.1 Å². The van der Waals surface area contributed by atoms with Crippen LogP contribution in [0, 0.1) is 0 Å². The average molecular weight is 598 g/mol. The molecule has 4 N–H and O–H groups in total. The third-order valence-corrected chi connectivity index (χ3v) is 3.73. The zero-order chi connectivity index (χ0) is 31.8. The van der Waals surface area contributed by atoms with Crippen LogP contribution in [-0.2, 0) is 28.4 Å². The predicted octanol–water partition coefficient (Wildman–Crippen LogP) is -0.544. The molecule has 0 aromatic carbocycles. The summed E-state index contributed by atoms with van der Waals surface area (Å²) in [5, 5.41) is 35.3. The van der Waals surface area contributed by atoms with E-state index in [4.69, 9.17) is 29.9 Å². The number of hydrogen-bond acceptors (Lipinski definition) is 10. The SMILES string of the molecule is [B]C(F)(F)COCC(COC)OCC(O)CO.[B]C(F)(F)COCC(O)CC.[B]C(F)(F)COCC(O)COC. The number of hydrogen-bond donors (Lipinski definition) is 4. The van der Waals surface area contributed by atoms with Gasteiger partial charge >= 0.3 is 0 Å². The molecule has 0 saturated carbocycles. The smallest absolute Gasteiger partial charge is 0.222 e. The Hall–Kier alpha value is -0.625. The topological polar surface area (TPSA) is 136 Å². The first-order valence-corrected chi connectivity index (χ1v) is 11.8. The Morgan fingerprint density at radius 3 is 1.35 bits per heavy atom. The van der Waals surface area contributed by atoms with Crippen molar-refractivity contribution in [3.63, 3.8) is 0 Å². The van der Waals surface area contributed by atoms with Crippen molar-refractivity contribution in [2.45, 2.75) is 55.2 Å². The van der Waals surface area contributed by atoms with Crippen molar-refractivity contribution in [2.75, 3.05) is 80.3 Å². The second-order valence-electron chi connectivity index (χ2n) is 8.25. The molecule has 0 fully saturated rings. The molecule has 40 heavy (non-hydrogen) atoms. The van der Waals surface area contributed by atoms with E-state index >= 15 is 0 Å². The fraction of sp³-hybridized carbons (Fsp3) is 1.00. The van der Waals surface area contributed by atoms with E-state index in [9.17, 15) is 26.3 Å². The van der Waals surface area contributed by atoms with Crippen molar-refractivity contribution >= 4 is 23.5 Å². The van der Waals surface area contributed by atoms with Crippen molar-refractivity contribution in [2.24, 2.45) is 0 Å². The van der Waals surface area contributed by atoms with Crippen molar-refractivity contribution < 1.29 is 75.2 Å². The van der Waals surface area contributed by atoms with Crippen LogP contribution in [0.5, 0.6) is 0 Å². The minimum Gasteiger partial charge on any atom is -0.394 e. The maximum Gasteiger partial charge on any atom is 0.222 e. The number of alkyl halides is 6. The van der Waals surface area contributed by atoms with Gasteiger partial charge in [0.15, 0.2) is 23.5 Å². The molecule has 4 atom stereocenters. The second-order valence-corrected chi connectivity index (χ2v) is 8.25. The molecular weight excluding hydrogens is 559 g/mol. The molecule has 6 radical (unpaired) electrons. The minimum absolute atomic E-state index is 0.0517. The van der Waals surface area contributed by atoms with Crippen LogP contribution >= 0.6 is 0 Å². The van der Waals surface area contributed by atoms with E-state index in [0.717, 1.165) is 0 Å². The summed E-state index contributed by atoms with van der Waals surface area (Å²) in [6.45, 7) is -1.77. The minimum atomic E-state index is -3.39. The van der Waals surface area contributed by atoms with Gasteiger partial charge in [0.05, 0.1) is 52.4 Å². The number of halogens is 6. The Morgan fingerprint density at radius 2 is 1.00 bits per heavy atom. The molecule has 0 rings (SSSR count). The monoisotopic (exact) mass is 598 g/mol. The zero-order valence-corrected chi connectivity index (χ0v) is 22.8. The van der Waals surface area contributed by atoms with Crippen LogP contribution in [0.4, 0.5) is 26.3 Å². The summed E-state index contributed by atoms with van der Waals surface area (Å²) in [5.41, 5.74) is 0. The standard InChI is InChI=1S/C9H17BF2O5.C6H11BF2O3.C6H11BF2O2/c1-15-4-8(17-3-7(14)2-13)5-16-6-9(10,11)12;1-11-2-5(10)3-12-4-6(7,8)9;1-2-5(10)3-11-4-6(7,8)9/h7-8,13-14H,2-6H2,1H3;5,10H,2-4H2,1H3;5,10H,2-4H2,1H3. The molecule has 0 bridgehead atoms. The van der Waals surface area contributed by atoms with E-state index in [1.165, 1.54) is 14.2 Å². The Labute approximate surface area is 234 Å². The van der Waals surface area contributed by atoms with E-state index in [1.54, 1.807) is 6.92 Å². The van der Waals surface area contributed by atoms with Crippen molar-refractivity contribution in [1.29, 1.82) is 0 Å². The molecular formula is C21H39B3F6O10. The summed E-state index contributed by atoms with van der Waals surface area (Å²) in [5.74, 6) is -10.0. The number of rotatable bonds is 21. The van der Waals surface area contributed by atoms with Gasteiger partial charge in [-0.25, -0.2) is 26.3 Å². The molecule has 10 nitrogen and oxygen atoms in total. The van der Waals surface area contributed by atoms with Gasteiger partial charge in [-0.3, -0.25) is 0 Å². The van der Waals surface area contributed by atoms with Gasteiger partial charge in [-0.15, -0.1) is 0 Å². The van der Waals surface area contributed by atoms with Crippen molar-refractivity contribution in [3.8, 4) is 0 Å². The first-order chi connectivity index (χ1) is 18.3. The van der Waals surface area contributed by atoms with Crippen LogP contribution in [-0.4, -0.2) is 166 Å². The van der Waals surface area contributed by atoms with E-state index in [-0.39, 0.29) is 39.6 Å². The van der Waals surface area contributed by atoms with E-state index in [1.807, 2.05) is 0 Å². The molecule has 0 aromatic rings. The molecule has 0 aliphatic heterocycles. The lowest BCUT2D eigenvalue weighted by molar-refractivity contribution is -0.0984. The van der Waals surface area contributed by atoms with Crippen LogP contribution in [0.25, 0.3) is 0 Å². The highest BCUT2D eigenvalue weighted by Gasteiger charge is 2.23. The van der Waals surface area contributed by atoms with E-state index in [0.29, 0.717) is 6.42 Å². The molecule has 0 aliphatic carbocycles. The van der Waals surface area contributed by atoms with Crippen molar-refractivity contribution in [3.05, 3.63) is 0 Å². The maximum absolute atomic E-state index is 12.2. The van der Waals surface area contributed by atoms with Gasteiger partial charge in [-0.05, 0) is 6.42 Å². The fourth-order valence-corrected chi connectivity index (χ4v) is 1.98. The second kappa shape index (κ2) is 24.9. The molecule has 234 valence electrons. The highest BCUT2D eigenvalue weighted by molar-refractivity contribution is 6.13. The predicted molar refractivity (Wildman–Crippen MR) is 133 cm³/mol. The number of methoxy groups -OCH3 is 2. The van der Waals surface area contributed by atoms with Gasteiger partial charge in [0.2, 0.25) is 17.5 Å². The summed E-state index contributed by atoms with van der Waals surface area (Å²) in [6, 6.07) is 0. The quantitative estimate of drug-likeness (QED) is 0.101. The Bertz CT molecular complexity index is 561. The van der Waals surface area contributed by atoms with Gasteiger partial charge in [-0.1, -0.05) is 6.92 Å². The molecule has 0 aromatic heterocycles. The van der Waals surface area contributed by atoms with Gasteiger partial charge in [0, 0.05) is 14.2 Å². The van der Waals surface area contributed by atoms with Gasteiger partial charge < -0.3 is 48.8 Å². The van der Waals surface area contributed by atoms with Crippen LogP contribution in [0.3, 0.4) is 0 Å². The summed E-state index contributed by atoms with van der Waals surface area (Å²) in [7, 11) is 15.9. The van der Waals surface area contributed by atoms with Crippen molar-refractivity contribution in [1.82, 2.24) is 0 Å². The Kier molecular flexibility index (Phi) is 27.3. The average Bonchev–Trinajstić information content (AvgIpc) is 2.80. The highest BCUT2D eigenvalue weighted by Crippen LogP contribution is 2.09. The molecule has 0 spiro atoms. The van der Waals surface area contributed by atoms with E-state index < -0.39 is 68.3 Å². The van der Waals surface area contributed by atoms with Gasteiger partial charge in [-0.2, -0.15) is 0 Å². The number of aliphatic hydroxyl groups is 4. The zero-order valence-electron chi connectivity index (χ0n) is 22.8. The number of ether oxygens (including phenoxy) is 6. The lowest BCUT2D eigenvalue weighted by atomic mass is 10.0. The Morgan fingerprint density at radius 1 is 0.600 bits per heavy atom. The molecule has 4 unspecified atom stereocenters. The molecule has 0 aliphatic rings. The molecule has 0 saturated heterocycles.